The van der Waals surface area contributed by atoms with Gasteiger partial charge in [0.15, 0.2) is 6.10 Å². The van der Waals surface area contributed by atoms with Gasteiger partial charge in [0, 0.05) is 12.8 Å². The van der Waals surface area contributed by atoms with Crippen LogP contribution < -0.4 is 31.9 Å². The van der Waals surface area contributed by atoms with E-state index >= 15 is 0 Å². The molecular formula is C43H62N6O12. The maximum absolute atomic E-state index is 13.6. The second-order valence-corrected chi connectivity index (χ2v) is 16.2. The van der Waals surface area contributed by atoms with E-state index in [0.717, 1.165) is 0 Å². The fourth-order valence-corrected chi connectivity index (χ4v) is 6.27. The van der Waals surface area contributed by atoms with Crippen molar-refractivity contribution in [3.8, 4) is 0 Å². The van der Waals surface area contributed by atoms with Crippen LogP contribution in [0.1, 0.15) is 91.4 Å². The molecule has 2 aromatic carbocycles. The average Bonchev–Trinajstić information content (AvgIpc) is 3.19. The van der Waals surface area contributed by atoms with E-state index < -0.39 is 121 Å². The number of hydrogen-bond donors (Lipinski definition) is 10. The number of carboxylic acids is 2. The molecule has 18 nitrogen and oxygen atoms in total. The zero-order chi connectivity index (χ0) is 46.0. The number of nitrogens with one attached hydrogen (secondary N) is 6. The molecule has 2 rings (SSSR count). The molecule has 0 aromatic heterocycles. The Bertz CT molecular complexity index is 1790. The molecule has 0 aliphatic rings. The van der Waals surface area contributed by atoms with Crippen molar-refractivity contribution >= 4 is 47.4 Å². The van der Waals surface area contributed by atoms with Crippen LogP contribution in [0, 0.1) is 17.8 Å². The average molecular weight is 855 g/mol. The van der Waals surface area contributed by atoms with Gasteiger partial charge in [0.1, 0.15) is 30.2 Å². The lowest BCUT2D eigenvalue weighted by Gasteiger charge is -2.29. The smallest absolute Gasteiger partial charge is 0.326 e. The standard InChI is InChI=1S/C43H62N6O12/c1-23(2)20-30(46-42(59)37(54)28-16-12-9-13-17-28)32(50)22-33(51)48-35(24(3)4)41(58)49-36(25(5)6)40(57)44-26(7)38(55)45-29(18-19-34(52)53)39(56)47-31(43(60)61)21-27-14-10-8-11-15-27/h8-17,23-26,29-32,35-37,50,54H,18-22H2,1-7H3,(H,44,57)(H,45,55)(H,46,59)(H,47,56)(H,48,51)(H,49,58)(H,52,53)(H,60,61)/t26-,29-,30-,31-,32-,35-,36-,37+/m0/s1. The molecule has 0 radical (unpaired) electrons. The lowest BCUT2D eigenvalue weighted by Crippen LogP contribution is -2.60. The normalized spacial score (nSPS) is 15.2. The molecule has 0 fully saturated rings. The van der Waals surface area contributed by atoms with E-state index in [0.29, 0.717) is 11.1 Å². The van der Waals surface area contributed by atoms with Crippen LogP contribution in [0.4, 0.5) is 0 Å². The highest BCUT2D eigenvalue weighted by molar-refractivity contribution is 5.96. The first kappa shape index (κ1) is 51.3. The molecule has 61 heavy (non-hydrogen) atoms. The van der Waals surface area contributed by atoms with Crippen LogP contribution in [-0.2, 0) is 44.8 Å². The minimum atomic E-state index is -1.51. The van der Waals surface area contributed by atoms with Crippen LogP contribution >= 0.6 is 0 Å². The summed E-state index contributed by atoms with van der Waals surface area (Å²) in [5.41, 5.74) is 0.959. The Balaban J connectivity index is 2.10. The van der Waals surface area contributed by atoms with E-state index in [2.05, 4.69) is 31.9 Å². The van der Waals surface area contributed by atoms with Gasteiger partial charge < -0.3 is 52.3 Å². The minimum absolute atomic E-state index is 0.0152. The number of amides is 6. The van der Waals surface area contributed by atoms with Gasteiger partial charge in [0.05, 0.1) is 18.6 Å². The SMILES string of the molecule is CC(C)C[C@H](NC(=O)[C@H](O)c1ccccc1)[C@@H](O)CC(=O)N[C@H](C(=O)N[C@H](C(=O)N[C@@H](C)C(=O)N[C@@H](CCC(=O)O)C(=O)N[C@@H](Cc1ccccc1)C(=O)O)C(C)C)C(C)C. The first-order valence-corrected chi connectivity index (χ1v) is 20.3. The Morgan fingerprint density at radius 1 is 0.574 bits per heavy atom. The minimum Gasteiger partial charge on any atom is -0.481 e. The summed E-state index contributed by atoms with van der Waals surface area (Å²) in [5.74, 6) is -8.53. The summed E-state index contributed by atoms with van der Waals surface area (Å²) in [6, 6.07) is 9.16. The Labute approximate surface area is 356 Å². The molecule has 8 atom stereocenters. The zero-order valence-corrected chi connectivity index (χ0v) is 35.7. The number of benzene rings is 2. The van der Waals surface area contributed by atoms with E-state index in [-0.39, 0.29) is 25.2 Å². The van der Waals surface area contributed by atoms with Gasteiger partial charge in [-0.1, -0.05) is 102 Å². The van der Waals surface area contributed by atoms with Gasteiger partial charge in [-0.25, -0.2) is 4.79 Å². The van der Waals surface area contributed by atoms with E-state index in [4.69, 9.17) is 0 Å². The highest BCUT2D eigenvalue weighted by Gasteiger charge is 2.34. The van der Waals surface area contributed by atoms with E-state index in [1.807, 2.05) is 13.8 Å². The number of carbonyl (C=O) groups is 8. The topological polar surface area (TPSA) is 290 Å². The number of aliphatic hydroxyl groups is 2. The summed E-state index contributed by atoms with van der Waals surface area (Å²) in [6.45, 7) is 11.6. The quantitative estimate of drug-likeness (QED) is 0.0668. The van der Waals surface area contributed by atoms with Crippen LogP contribution in [0.5, 0.6) is 0 Å². The lowest BCUT2D eigenvalue weighted by atomic mass is 9.95. The second kappa shape index (κ2) is 25.0. The van der Waals surface area contributed by atoms with Gasteiger partial charge in [-0.2, -0.15) is 0 Å². The van der Waals surface area contributed by atoms with Crippen molar-refractivity contribution in [3.63, 3.8) is 0 Å². The molecular weight excluding hydrogens is 793 g/mol. The van der Waals surface area contributed by atoms with Gasteiger partial charge in [0.25, 0.3) is 5.91 Å². The fourth-order valence-electron chi connectivity index (χ4n) is 6.27. The molecule has 0 heterocycles. The maximum atomic E-state index is 13.6. The molecule has 10 N–H and O–H groups in total. The van der Waals surface area contributed by atoms with Crippen molar-refractivity contribution in [1.82, 2.24) is 31.9 Å². The molecule has 0 aliphatic heterocycles. The molecule has 18 heteroatoms. The molecule has 336 valence electrons. The second-order valence-electron chi connectivity index (χ2n) is 16.2. The van der Waals surface area contributed by atoms with E-state index in [1.54, 1.807) is 88.4 Å². The van der Waals surface area contributed by atoms with Crippen molar-refractivity contribution in [2.45, 2.75) is 129 Å². The lowest BCUT2D eigenvalue weighted by molar-refractivity contribution is -0.143. The third kappa shape index (κ3) is 17.7. The molecule has 0 saturated heterocycles. The van der Waals surface area contributed by atoms with Crippen LogP contribution in [0.25, 0.3) is 0 Å². The van der Waals surface area contributed by atoms with Gasteiger partial charge in [0.2, 0.25) is 29.5 Å². The van der Waals surface area contributed by atoms with Crippen LogP contribution in [0.15, 0.2) is 60.7 Å². The largest absolute Gasteiger partial charge is 0.481 e. The highest BCUT2D eigenvalue weighted by atomic mass is 16.4. The van der Waals surface area contributed by atoms with Gasteiger partial charge in [-0.15, -0.1) is 0 Å². The zero-order valence-electron chi connectivity index (χ0n) is 35.7. The Kier molecular flexibility index (Phi) is 21.0. The number of carbonyl (C=O) groups excluding carboxylic acids is 6. The van der Waals surface area contributed by atoms with Crippen LogP contribution in [0.2, 0.25) is 0 Å². The summed E-state index contributed by atoms with van der Waals surface area (Å²) in [6.07, 6.45) is -4.16. The summed E-state index contributed by atoms with van der Waals surface area (Å²) in [5, 5.41) is 55.7. The number of aliphatic hydroxyl groups excluding tert-OH is 2. The molecule has 0 unspecified atom stereocenters. The Hall–Kier alpha value is -5.88. The third-order valence-electron chi connectivity index (χ3n) is 9.72. The van der Waals surface area contributed by atoms with Crippen molar-refractivity contribution < 1.29 is 58.8 Å². The molecule has 0 bridgehead atoms. The number of aliphatic carboxylic acids is 2. The Morgan fingerprint density at radius 2 is 1.10 bits per heavy atom. The first-order valence-electron chi connectivity index (χ1n) is 20.3. The summed E-state index contributed by atoms with van der Waals surface area (Å²) >= 11 is 0. The van der Waals surface area contributed by atoms with Crippen molar-refractivity contribution in [1.29, 1.82) is 0 Å². The van der Waals surface area contributed by atoms with Crippen LogP contribution in [0.3, 0.4) is 0 Å². The summed E-state index contributed by atoms with van der Waals surface area (Å²) in [4.78, 5) is 103. The highest BCUT2D eigenvalue weighted by Crippen LogP contribution is 2.17. The van der Waals surface area contributed by atoms with Gasteiger partial charge in [-0.05, 0) is 48.6 Å². The van der Waals surface area contributed by atoms with Crippen molar-refractivity contribution in [2.75, 3.05) is 0 Å². The first-order chi connectivity index (χ1) is 28.6. The predicted molar refractivity (Wildman–Crippen MR) is 223 cm³/mol. The molecule has 0 spiro atoms. The van der Waals surface area contributed by atoms with Crippen LogP contribution in [-0.4, -0.2) is 110 Å². The Morgan fingerprint density at radius 3 is 1.62 bits per heavy atom. The predicted octanol–water partition coefficient (Wildman–Crippen LogP) is 0.950. The number of rotatable bonds is 25. The fraction of sp³-hybridized carbons (Fsp3) is 0.535. The van der Waals surface area contributed by atoms with Gasteiger partial charge in [-0.3, -0.25) is 33.6 Å². The van der Waals surface area contributed by atoms with E-state index in [9.17, 15) is 58.8 Å². The molecule has 2 aromatic rings. The summed E-state index contributed by atoms with van der Waals surface area (Å²) in [7, 11) is 0. The number of carboxylic acid groups (broad SMARTS) is 2. The van der Waals surface area contributed by atoms with Gasteiger partial charge >= 0.3 is 11.9 Å². The maximum Gasteiger partial charge on any atom is 0.326 e. The number of hydrogen-bond acceptors (Lipinski definition) is 10. The molecule has 0 aliphatic carbocycles. The van der Waals surface area contributed by atoms with E-state index in [1.165, 1.54) is 6.92 Å². The molecule has 0 saturated carbocycles. The van der Waals surface area contributed by atoms with Crippen molar-refractivity contribution in [2.24, 2.45) is 17.8 Å². The summed E-state index contributed by atoms with van der Waals surface area (Å²) < 4.78 is 0. The monoisotopic (exact) mass is 854 g/mol. The molecule has 6 amide bonds. The van der Waals surface area contributed by atoms with Crippen molar-refractivity contribution in [3.05, 3.63) is 71.8 Å². The third-order valence-corrected chi connectivity index (χ3v) is 9.72.